The van der Waals surface area contributed by atoms with Gasteiger partial charge in [0.2, 0.25) is 0 Å². The third kappa shape index (κ3) is 3.95. The predicted octanol–water partition coefficient (Wildman–Crippen LogP) is 10.2. The lowest BCUT2D eigenvalue weighted by molar-refractivity contribution is 0.590. The van der Waals surface area contributed by atoms with Crippen molar-refractivity contribution in [2.24, 2.45) is 0 Å². The number of benzene rings is 5. The molecular weight excluding hydrogens is 499 g/mol. The third-order valence-corrected chi connectivity index (χ3v) is 8.67. The molecule has 0 N–H and O–H groups in total. The van der Waals surface area contributed by atoms with Gasteiger partial charge in [0.25, 0.3) is 0 Å². The van der Waals surface area contributed by atoms with Gasteiger partial charge in [-0.3, -0.25) is 4.57 Å². The summed E-state index contributed by atoms with van der Waals surface area (Å²) in [6.45, 7) is 6.71. The summed E-state index contributed by atoms with van der Waals surface area (Å²) in [5, 5.41) is 2.46. The Bertz CT molecular complexity index is 2010. The Morgan fingerprint density at radius 1 is 0.718 bits per heavy atom. The second-order valence-electron chi connectivity index (χ2n) is 11.0. The van der Waals surface area contributed by atoms with Crippen LogP contribution in [0.3, 0.4) is 0 Å². The number of imidazole rings is 1. The van der Waals surface area contributed by atoms with E-state index in [-0.39, 0.29) is 11.2 Å². The van der Waals surface area contributed by atoms with E-state index in [1.807, 2.05) is 12.1 Å². The van der Waals surface area contributed by atoms with Crippen LogP contribution >= 0.6 is 11.3 Å². The molecule has 0 aliphatic rings. The van der Waals surface area contributed by atoms with E-state index >= 15 is 0 Å². The van der Waals surface area contributed by atoms with E-state index in [4.69, 9.17) is 4.98 Å². The van der Waals surface area contributed by atoms with Gasteiger partial charge in [0.15, 0.2) is 0 Å². The van der Waals surface area contributed by atoms with Gasteiger partial charge >= 0.3 is 0 Å². The van der Waals surface area contributed by atoms with Crippen LogP contribution < -0.4 is 0 Å². The smallest absolute Gasteiger partial charge is 0.147 e. The van der Waals surface area contributed by atoms with Gasteiger partial charge in [0.1, 0.15) is 11.6 Å². The fraction of sp³-hybridized carbons (Fsp3) is 0.114. The van der Waals surface area contributed by atoms with Crippen molar-refractivity contribution in [2.75, 3.05) is 0 Å². The second kappa shape index (κ2) is 8.89. The van der Waals surface area contributed by atoms with E-state index in [0.29, 0.717) is 5.52 Å². The van der Waals surface area contributed by atoms with Crippen LogP contribution in [0.15, 0.2) is 109 Å². The van der Waals surface area contributed by atoms with Gasteiger partial charge in [0, 0.05) is 37.4 Å². The first-order valence-electron chi connectivity index (χ1n) is 13.2. The summed E-state index contributed by atoms with van der Waals surface area (Å²) in [7, 11) is 0. The number of thiophene rings is 1. The molecule has 7 aromatic rings. The molecule has 0 saturated heterocycles. The number of fused-ring (bicyclic) bond motifs is 4. The predicted molar refractivity (Wildman–Crippen MR) is 163 cm³/mol. The zero-order valence-electron chi connectivity index (χ0n) is 22.1. The van der Waals surface area contributed by atoms with E-state index in [1.165, 1.54) is 37.9 Å². The highest BCUT2D eigenvalue weighted by atomic mass is 32.1. The zero-order valence-corrected chi connectivity index (χ0v) is 22.9. The van der Waals surface area contributed by atoms with Crippen LogP contribution in [-0.4, -0.2) is 9.55 Å². The van der Waals surface area contributed by atoms with Crippen LogP contribution in [0.4, 0.5) is 4.39 Å². The van der Waals surface area contributed by atoms with Crippen molar-refractivity contribution in [2.45, 2.75) is 26.2 Å². The van der Waals surface area contributed by atoms with Gasteiger partial charge in [-0.2, -0.15) is 0 Å². The molecule has 0 radical (unpaired) electrons. The van der Waals surface area contributed by atoms with Gasteiger partial charge in [-0.05, 0) is 52.9 Å². The van der Waals surface area contributed by atoms with Crippen LogP contribution in [0.1, 0.15) is 26.3 Å². The number of nitrogens with zero attached hydrogens (tertiary/aromatic N) is 2. The summed E-state index contributed by atoms with van der Waals surface area (Å²) >= 11 is 1.78. The molecule has 0 aliphatic heterocycles. The maximum atomic E-state index is 14.5. The highest BCUT2D eigenvalue weighted by Crippen LogP contribution is 2.42. The Labute approximate surface area is 231 Å². The highest BCUT2D eigenvalue weighted by molar-refractivity contribution is 7.26. The van der Waals surface area contributed by atoms with Gasteiger partial charge in [-0.1, -0.05) is 87.5 Å². The first-order chi connectivity index (χ1) is 18.9. The summed E-state index contributed by atoms with van der Waals surface area (Å²) in [5.41, 5.74) is 7.10. The third-order valence-electron chi connectivity index (χ3n) is 7.45. The number of hydrogen-bond acceptors (Lipinski definition) is 2. The average molecular weight is 527 g/mol. The van der Waals surface area contributed by atoms with Crippen molar-refractivity contribution >= 4 is 42.5 Å². The number of halogens is 1. The zero-order chi connectivity index (χ0) is 26.7. The molecule has 39 heavy (non-hydrogen) atoms. The monoisotopic (exact) mass is 526 g/mol. The Hall–Kier alpha value is -4.28. The molecule has 0 saturated carbocycles. The molecule has 0 bridgehead atoms. The van der Waals surface area contributed by atoms with Crippen molar-refractivity contribution < 1.29 is 4.39 Å². The minimum Gasteiger partial charge on any atom is -0.292 e. The first-order valence-corrected chi connectivity index (χ1v) is 14.0. The van der Waals surface area contributed by atoms with Gasteiger partial charge in [-0.25, -0.2) is 9.37 Å². The normalized spacial score (nSPS) is 12.1. The number of aromatic nitrogens is 2. The molecule has 2 nitrogen and oxygen atoms in total. The Morgan fingerprint density at radius 2 is 1.49 bits per heavy atom. The van der Waals surface area contributed by atoms with Crippen LogP contribution in [-0.2, 0) is 5.41 Å². The molecule has 2 aromatic heterocycles. The molecule has 2 heterocycles. The summed E-state index contributed by atoms with van der Waals surface area (Å²) in [4.78, 5) is 5.08. The van der Waals surface area contributed by atoms with Crippen molar-refractivity contribution in [3.05, 3.63) is 121 Å². The Kier molecular flexibility index (Phi) is 5.43. The molecule has 0 atom stereocenters. The summed E-state index contributed by atoms with van der Waals surface area (Å²) in [5.74, 6) is 0.526. The molecule has 0 spiro atoms. The number of hydrogen-bond donors (Lipinski definition) is 0. The lowest BCUT2D eigenvalue weighted by atomic mass is 9.85. The van der Waals surface area contributed by atoms with E-state index in [1.54, 1.807) is 11.3 Å². The van der Waals surface area contributed by atoms with Crippen LogP contribution in [0.5, 0.6) is 0 Å². The molecule has 5 aromatic carbocycles. The summed E-state index contributed by atoms with van der Waals surface area (Å²) in [6, 6.07) is 37.0. The van der Waals surface area contributed by atoms with E-state index in [0.717, 1.165) is 33.7 Å². The van der Waals surface area contributed by atoms with Crippen molar-refractivity contribution in [1.29, 1.82) is 0 Å². The van der Waals surface area contributed by atoms with Crippen molar-refractivity contribution in [3.63, 3.8) is 0 Å². The molecule has 190 valence electrons. The largest absolute Gasteiger partial charge is 0.292 e. The molecule has 0 fully saturated rings. The van der Waals surface area contributed by atoms with Gasteiger partial charge < -0.3 is 0 Å². The fourth-order valence-electron chi connectivity index (χ4n) is 5.45. The molecule has 4 heteroatoms. The van der Waals surface area contributed by atoms with Crippen molar-refractivity contribution in [3.8, 4) is 28.2 Å². The lowest BCUT2D eigenvalue weighted by Crippen LogP contribution is -2.12. The van der Waals surface area contributed by atoms with Gasteiger partial charge in [-0.15, -0.1) is 11.3 Å². The SMILES string of the molecule is CC(C)(C)c1ccc(-n2c(-c3cccc4c3sc3ccccc34)nc3cc(F)ccc32)c(-c2ccccc2)c1. The molecule has 0 unspecified atom stereocenters. The maximum absolute atomic E-state index is 14.5. The quantitative estimate of drug-likeness (QED) is 0.224. The Morgan fingerprint density at radius 3 is 2.31 bits per heavy atom. The summed E-state index contributed by atoms with van der Waals surface area (Å²) < 4.78 is 19.1. The summed E-state index contributed by atoms with van der Waals surface area (Å²) in [6.07, 6.45) is 0. The van der Waals surface area contributed by atoms with Gasteiger partial charge in [0.05, 0.1) is 16.7 Å². The van der Waals surface area contributed by atoms with Crippen LogP contribution in [0.25, 0.3) is 59.4 Å². The second-order valence-corrected chi connectivity index (χ2v) is 12.1. The molecule has 7 rings (SSSR count). The van der Waals surface area contributed by atoms with Crippen LogP contribution in [0, 0.1) is 5.82 Å². The fourth-order valence-corrected chi connectivity index (χ4v) is 6.66. The first kappa shape index (κ1) is 23.8. The number of rotatable bonds is 3. The molecule has 0 amide bonds. The van der Waals surface area contributed by atoms with Crippen molar-refractivity contribution in [1.82, 2.24) is 9.55 Å². The average Bonchev–Trinajstić information content (AvgIpc) is 3.51. The van der Waals surface area contributed by atoms with Crippen LogP contribution in [0.2, 0.25) is 0 Å². The molecular formula is C35H27FN2S. The van der Waals surface area contributed by atoms with E-state index in [2.05, 4.69) is 110 Å². The van der Waals surface area contributed by atoms with E-state index < -0.39 is 0 Å². The topological polar surface area (TPSA) is 17.8 Å². The Balaban J connectivity index is 1.59. The highest BCUT2D eigenvalue weighted by Gasteiger charge is 2.23. The lowest BCUT2D eigenvalue weighted by Gasteiger charge is -2.23. The maximum Gasteiger partial charge on any atom is 0.147 e. The standard InChI is InChI=1S/C35H27FN2S/c1-35(2,3)23-16-18-30(28(20-23)22-10-5-4-6-11-22)38-31-19-17-24(36)21-29(31)37-34(38)27-14-9-13-26-25-12-7-8-15-32(25)39-33(26)27/h4-21H,1-3H3. The van der Waals surface area contributed by atoms with E-state index in [9.17, 15) is 4.39 Å². The minimum atomic E-state index is -0.287. The minimum absolute atomic E-state index is 0.00626. The molecule has 0 aliphatic carbocycles.